The molecular weight excluding hydrogens is 485 g/mol. The molecule has 10 heteroatoms. The van der Waals surface area contributed by atoms with Crippen molar-refractivity contribution in [3.8, 4) is 0 Å². The quantitative estimate of drug-likeness (QED) is 0.547. The van der Waals surface area contributed by atoms with Gasteiger partial charge in [-0.25, -0.2) is 8.42 Å². The average Bonchev–Trinajstić information content (AvgIpc) is 2.76. The van der Waals surface area contributed by atoms with Crippen molar-refractivity contribution >= 4 is 50.7 Å². The minimum Gasteiger partial charge on any atom is -0.357 e. The smallest absolute Gasteiger partial charge is 0.244 e. The van der Waals surface area contributed by atoms with Gasteiger partial charge in [0.2, 0.25) is 21.8 Å². The lowest BCUT2D eigenvalue weighted by Gasteiger charge is -2.31. The third-order valence-corrected chi connectivity index (χ3v) is 7.16. The summed E-state index contributed by atoms with van der Waals surface area (Å²) >= 11 is 12.1. The Balaban J connectivity index is 2.39. The fourth-order valence-electron chi connectivity index (χ4n) is 3.27. The van der Waals surface area contributed by atoms with Crippen molar-refractivity contribution in [2.24, 2.45) is 0 Å². The number of nitrogens with zero attached hydrogens (tertiary/aromatic N) is 2. The highest BCUT2D eigenvalue weighted by Crippen LogP contribution is 2.25. The summed E-state index contributed by atoms with van der Waals surface area (Å²) in [6.07, 6.45) is 1.04. The van der Waals surface area contributed by atoms with Gasteiger partial charge in [0.25, 0.3) is 0 Å². The molecule has 0 unspecified atom stereocenters. The van der Waals surface area contributed by atoms with Gasteiger partial charge in [-0.1, -0.05) is 55.2 Å². The van der Waals surface area contributed by atoms with E-state index in [9.17, 15) is 18.0 Å². The van der Waals surface area contributed by atoms with Crippen molar-refractivity contribution in [2.75, 3.05) is 24.2 Å². The van der Waals surface area contributed by atoms with Gasteiger partial charge >= 0.3 is 0 Å². The number of hydrogen-bond acceptors (Lipinski definition) is 4. The van der Waals surface area contributed by atoms with Gasteiger partial charge in [0, 0.05) is 13.6 Å². The summed E-state index contributed by atoms with van der Waals surface area (Å²) < 4.78 is 26.1. The lowest BCUT2D eigenvalue weighted by Crippen LogP contribution is -2.50. The number of hydrogen-bond donors (Lipinski definition) is 1. The number of likely N-dealkylation sites (N-methyl/N-ethyl adjacent to an activating group) is 1. The summed E-state index contributed by atoms with van der Waals surface area (Å²) in [5.41, 5.74) is 2.08. The lowest BCUT2D eigenvalue weighted by atomic mass is 10.0. The molecule has 1 N–H and O–H groups in total. The summed E-state index contributed by atoms with van der Waals surface area (Å²) in [6, 6.07) is 11.1. The predicted octanol–water partition coefficient (Wildman–Crippen LogP) is 4.05. The molecule has 180 valence electrons. The maximum atomic E-state index is 13.3. The van der Waals surface area contributed by atoms with Gasteiger partial charge in [0.15, 0.2) is 0 Å². The Hall–Kier alpha value is -2.29. The van der Waals surface area contributed by atoms with Gasteiger partial charge in [0.05, 0.1) is 22.0 Å². The van der Waals surface area contributed by atoms with Gasteiger partial charge in [0.1, 0.15) is 12.6 Å². The molecule has 7 nitrogen and oxygen atoms in total. The topological polar surface area (TPSA) is 86.8 Å². The van der Waals surface area contributed by atoms with Crippen molar-refractivity contribution in [2.45, 2.75) is 39.3 Å². The molecule has 0 heterocycles. The van der Waals surface area contributed by atoms with Crippen LogP contribution in [0, 0.1) is 0 Å². The molecule has 2 aromatic rings. The van der Waals surface area contributed by atoms with Crippen LogP contribution in [0.25, 0.3) is 0 Å². The molecule has 0 aromatic heterocycles. The normalized spacial score (nSPS) is 12.4. The Kier molecular flexibility index (Phi) is 9.17. The van der Waals surface area contributed by atoms with Gasteiger partial charge in [-0.05, 0) is 48.2 Å². The molecule has 0 saturated carbocycles. The third-order valence-electron chi connectivity index (χ3n) is 5.28. The number of carbonyl (C=O) groups excluding carboxylic acids is 2. The monoisotopic (exact) mass is 513 g/mol. The number of sulfonamides is 1. The summed E-state index contributed by atoms with van der Waals surface area (Å²) in [5, 5.41) is 3.21. The second-order valence-corrected chi connectivity index (χ2v) is 10.8. The molecule has 0 radical (unpaired) electrons. The van der Waals surface area contributed by atoms with E-state index in [1.807, 2.05) is 26.0 Å². The zero-order valence-electron chi connectivity index (χ0n) is 19.3. The Labute approximate surface area is 205 Å². The van der Waals surface area contributed by atoms with E-state index < -0.39 is 28.5 Å². The van der Waals surface area contributed by atoms with E-state index in [0.717, 1.165) is 16.1 Å². The fraction of sp³-hybridized carbons (Fsp3) is 0.391. The van der Waals surface area contributed by atoms with E-state index >= 15 is 0 Å². The number of benzene rings is 2. The zero-order chi connectivity index (χ0) is 24.9. The highest BCUT2D eigenvalue weighted by molar-refractivity contribution is 7.92. The van der Waals surface area contributed by atoms with Gasteiger partial charge in [-0.15, -0.1) is 0 Å². The third kappa shape index (κ3) is 7.09. The zero-order valence-corrected chi connectivity index (χ0v) is 21.6. The van der Waals surface area contributed by atoms with Crippen molar-refractivity contribution in [3.63, 3.8) is 0 Å². The van der Waals surface area contributed by atoms with Crippen LogP contribution in [-0.4, -0.2) is 51.0 Å². The minimum atomic E-state index is -3.77. The first-order chi connectivity index (χ1) is 15.3. The van der Waals surface area contributed by atoms with Crippen LogP contribution >= 0.6 is 23.2 Å². The molecule has 0 bridgehead atoms. The summed E-state index contributed by atoms with van der Waals surface area (Å²) in [7, 11) is -2.30. The first-order valence-electron chi connectivity index (χ1n) is 10.4. The first kappa shape index (κ1) is 27.0. The number of nitrogens with one attached hydrogen (secondary N) is 1. The molecule has 2 aromatic carbocycles. The van der Waals surface area contributed by atoms with E-state index in [2.05, 4.69) is 5.32 Å². The molecule has 0 saturated heterocycles. The molecule has 33 heavy (non-hydrogen) atoms. The summed E-state index contributed by atoms with van der Waals surface area (Å²) in [5.74, 6) is -0.631. The number of rotatable bonds is 9. The second-order valence-electron chi connectivity index (χ2n) is 8.08. The largest absolute Gasteiger partial charge is 0.357 e. The van der Waals surface area contributed by atoms with E-state index in [4.69, 9.17) is 23.2 Å². The average molecular weight is 514 g/mol. The van der Waals surface area contributed by atoms with Crippen LogP contribution in [0.5, 0.6) is 0 Å². The maximum absolute atomic E-state index is 13.3. The van der Waals surface area contributed by atoms with E-state index in [1.165, 1.54) is 11.9 Å². The summed E-state index contributed by atoms with van der Waals surface area (Å²) in [4.78, 5) is 27.0. The highest BCUT2D eigenvalue weighted by atomic mass is 35.5. The molecular formula is C23H29Cl2N3O4S. The molecule has 2 amide bonds. The molecule has 0 spiro atoms. The van der Waals surface area contributed by atoms with Crippen LogP contribution in [0.1, 0.15) is 37.8 Å². The number of carbonyl (C=O) groups is 2. The van der Waals surface area contributed by atoms with Gasteiger partial charge in [-0.3, -0.25) is 13.9 Å². The first-order valence-corrected chi connectivity index (χ1v) is 13.0. The van der Waals surface area contributed by atoms with Crippen LogP contribution in [0.3, 0.4) is 0 Å². The Bertz CT molecular complexity index is 1110. The van der Waals surface area contributed by atoms with Crippen LogP contribution in [0.15, 0.2) is 42.5 Å². The summed E-state index contributed by atoms with van der Waals surface area (Å²) in [6.45, 7) is 5.25. The highest BCUT2D eigenvalue weighted by Gasteiger charge is 2.29. The van der Waals surface area contributed by atoms with Crippen molar-refractivity contribution in [3.05, 3.63) is 63.6 Å². The molecule has 2 rings (SSSR count). The van der Waals surface area contributed by atoms with Gasteiger partial charge < -0.3 is 10.2 Å². The number of halogens is 2. The molecule has 0 aliphatic heterocycles. The lowest BCUT2D eigenvalue weighted by molar-refractivity contribution is -0.139. The van der Waals surface area contributed by atoms with Crippen LogP contribution in [0.4, 0.5) is 5.69 Å². The number of anilines is 1. The van der Waals surface area contributed by atoms with Crippen LogP contribution in [0.2, 0.25) is 10.0 Å². The van der Waals surface area contributed by atoms with Crippen molar-refractivity contribution in [1.82, 2.24) is 10.2 Å². The molecule has 0 fully saturated rings. The van der Waals surface area contributed by atoms with E-state index in [1.54, 1.807) is 37.3 Å². The van der Waals surface area contributed by atoms with E-state index in [0.29, 0.717) is 21.3 Å². The Morgan fingerprint density at radius 3 is 2.09 bits per heavy atom. The fourth-order valence-corrected chi connectivity index (χ4v) is 4.44. The molecule has 0 aliphatic carbocycles. The Morgan fingerprint density at radius 1 is 1.00 bits per heavy atom. The van der Waals surface area contributed by atoms with Crippen molar-refractivity contribution < 1.29 is 18.0 Å². The number of amides is 2. The molecule has 0 aliphatic rings. The van der Waals surface area contributed by atoms with Crippen molar-refractivity contribution in [1.29, 1.82) is 0 Å². The Morgan fingerprint density at radius 2 is 1.61 bits per heavy atom. The minimum absolute atomic E-state index is 0.0498. The van der Waals surface area contributed by atoms with Crippen LogP contribution < -0.4 is 9.62 Å². The SMILES string of the molecule is CNC(=O)[C@@H](C)N(Cc1ccc(Cl)c(Cl)c1)C(=O)CN(c1ccc(C(C)C)cc1)S(C)(=O)=O. The van der Waals surface area contributed by atoms with E-state index in [-0.39, 0.29) is 18.4 Å². The van der Waals surface area contributed by atoms with Crippen LogP contribution in [-0.2, 0) is 26.2 Å². The standard InChI is InChI=1S/C23H29Cl2N3O4S/c1-15(2)18-7-9-19(10-8-18)28(33(5,31)32)14-22(29)27(16(3)23(30)26-4)13-17-6-11-20(24)21(25)12-17/h6-12,15-16H,13-14H2,1-5H3,(H,26,30)/t16-/m1/s1. The maximum Gasteiger partial charge on any atom is 0.244 e. The second kappa shape index (κ2) is 11.2. The molecule has 1 atom stereocenters. The van der Waals surface area contributed by atoms with Gasteiger partial charge in [-0.2, -0.15) is 0 Å². The predicted molar refractivity (Wildman–Crippen MR) is 133 cm³/mol.